The van der Waals surface area contributed by atoms with Gasteiger partial charge >= 0.3 is 0 Å². The highest BCUT2D eigenvalue weighted by molar-refractivity contribution is 5.32. The summed E-state index contributed by atoms with van der Waals surface area (Å²) in [6.45, 7) is 3.26. The molecule has 1 aliphatic rings. The number of rotatable bonds is 7. The Bertz CT molecular complexity index is 929. The van der Waals surface area contributed by atoms with Gasteiger partial charge in [0.05, 0.1) is 5.69 Å². The molecule has 5 heteroatoms. The van der Waals surface area contributed by atoms with E-state index < -0.39 is 0 Å². The van der Waals surface area contributed by atoms with Gasteiger partial charge in [-0.1, -0.05) is 31.7 Å². The molecule has 2 heterocycles. The van der Waals surface area contributed by atoms with Crippen LogP contribution in [-0.4, -0.2) is 29.0 Å². The minimum Gasteiger partial charge on any atom is -0.310 e. The van der Waals surface area contributed by atoms with Gasteiger partial charge in [0.1, 0.15) is 11.6 Å². The van der Waals surface area contributed by atoms with Crippen molar-refractivity contribution >= 4 is 0 Å². The summed E-state index contributed by atoms with van der Waals surface area (Å²) in [5, 5.41) is 3.46. The number of hydrogen-bond acceptors (Lipinski definition) is 3. The van der Waals surface area contributed by atoms with Crippen LogP contribution >= 0.6 is 0 Å². The minimum atomic E-state index is -0.222. The highest BCUT2D eigenvalue weighted by atomic mass is 19.1. The van der Waals surface area contributed by atoms with Crippen molar-refractivity contribution < 1.29 is 8.78 Å². The van der Waals surface area contributed by atoms with Crippen LogP contribution in [0.25, 0.3) is 0 Å². The number of aromatic nitrogens is 1. The largest absolute Gasteiger partial charge is 0.310 e. The molecule has 1 N–H and O–H groups in total. The second-order valence-electron chi connectivity index (χ2n) is 7.57. The van der Waals surface area contributed by atoms with Crippen LogP contribution in [0, 0.1) is 11.6 Å². The topological polar surface area (TPSA) is 28.2 Å². The normalized spacial score (nSPS) is 16.0. The van der Waals surface area contributed by atoms with Crippen molar-refractivity contribution in [3.63, 3.8) is 0 Å². The number of fused-ring (bicyclic) bond motifs is 1. The maximum Gasteiger partial charge on any atom is 0.123 e. The summed E-state index contributed by atoms with van der Waals surface area (Å²) in [5.41, 5.74) is 4.39. The van der Waals surface area contributed by atoms with Gasteiger partial charge in [0.25, 0.3) is 0 Å². The van der Waals surface area contributed by atoms with Gasteiger partial charge in [-0.05, 0) is 65.9 Å². The van der Waals surface area contributed by atoms with Crippen LogP contribution < -0.4 is 5.32 Å². The predicted octanol–water partition coefficient (Wildman–Crippen LogP) is 4.76. The van der Waals surface area contributed by atoms with Gasteiger partial charge in [-0.2, -0.15) is 0 Å². The van der Waals surface area contributed by atoms with Gasteiger partial charge in [-0.3, -0.25) is 9.88 Å². The van der Waals surface area contributed by atoms with Gasteiger partial charge in [-0.25, -0.2) is 8.78 Å². The Morgan fingerprint density at radius 3 is 2.53 bits per heavy atom. The summed E-state index contributed by atoms with van der Waals surface area (Å²) >= 11 is 0. The first-order valence-electron chi connectivity index (χ1n) is 10.0. The van der Waals surface area contributed by atoms with Crippen molar-refractivity contribution in [1.82, 2.24) is 15.2 Å². The Hall–Kier alpha value is -2.63. The summed E-state index contributed by atoms with van der Waals surface area (Å²) in [4.78, 5) is 6.78. The van der Waals surface area contributed by atoms with Crippen LogP contribution in [-0.2, 0) is 25.9 Å². The number of nitrogens with zero attached hydrogens (tertiary/aromatic N) is 2. The Kier molecular flexibility index (Phi) is 7.66. The lowest BCUT2D eigenvalue weighted by Crippen LogP contribution is -2.44. The summed E-state index contributed by atoms with van der Waals surface area (Å²) in [6, 6.07) is 18.0. The van der Waals surface area contributed by atoms with Crippen LogP contribution in [0.5, 0.6) is 0 Å². The fourth-order valence-electron chi connectivity index (χ4n) is 3.97. The third-order valence-corrected chi connectivity index (χ3v) is 5.51. The quantitative estimate of drug-likeness (QED) is 0.571. The second kappa shape index (κ2) is 10.4. The molecule has 0 aliphatic carbocycles. The Morgan fingerprint density at radius 1 is 0.967 bits per heavy atom. The highest BCUT2D eigenvalue weighted by Crippen LogP contribution is 2.26. The molecule has 0 spiro atoms. The van der Waals surface area contributed by atoms with Crippen LogP contribution in [0.4, 0.5) is 8.78 Å². The van der Waals surface area contributed by atoms with Gasteiger partial charge in [0, 0.05) is 38.4 Å². The van der Waals surface area contributed by atoms with E-state index >= 15 is 0 Å². The second-order valence-corrected chi connectivity index (χ2v) is 7.57. The molecule has 0 saturated heterocycles. The van der Waals surface area contributed by atoms with Gasteiger partial charge in [0.15, 0.2) is 0 Å². The van der Waals surface area contributed by atoms with E-state index in [-0.39, 0.29) is 25.1 Å². The van der Waals surface area contributed by atoms with Crippen LogP contribution in [0.2, 0.25) is 0 Å². The van der Waals surface area contributed by atoms with Crippen LogP contribution in [0.15, 0.2) is 66.9 Å². The molecule has 1 unspecified atom stereocenters. The summed E-state index contributed by atoms with van der Waals surface area (Å²) in [7, 11) is 0. The van der Waals surface area contributed by atoms with Crippen LogP contribution in [0.1, 0.15) is 29.8 Å². The highest BCUT2D eigenvalue weighted by Gasteiger charge is 2.26. The predicted molar refractivity (Wildman–Crippen MR) is 117 cm³/mol. The smallest absolute Gasteiger partial charge is 0.123 e. The van der Waals surface area contributed by atoms with Gasteiger partial charge in [-0.15, -0.1) is 0 Å². The number of benzene rings is 2. The van der Waals surface area contributed by atoms with Crippen molar-refractivity contribution in [2.75, 3.05) is 13.1 Å². The fraction of sp³-hybridized carbons (Fsp3) is 0.320. The lowest BCUT2D eigenvalue weighted by atomic mass is 9.90. The standard InChI is InChI=1S/C24H25F2N3.CH4/c25-21-7-4-18(5-8-21)13-24-15-20-14-22(26)9-6-19(20)17-29(24)12-11-27-16-23-3-1-2-10-28-23;/h1-10,14,24,27H,11-13,15-17H2;1H4. The first-order valence-corrected chi connectivity index (χ1v) is 10.0. The average Bonchev–Trinajstić information content (AvgIpc) is 2.74. The van der Waals surface area contributed by atoms with E-state index in [9.17, 15) is 8.78 Å². The molecule has 4 rings (SSSR count). The summed E-state index contributed by atoms with van der Waals surface area (Å²) in [5.74, 6) is -0.407. The van der Waals surface area contributed by atoms with Crippen molar-refractivity contribution in [2.45, 2.75) is 39.4 Å². The molecule has 158 valence electrons. The average molecular weight is 410 g/mol. The van der Waals surface area contributed by atoms with E-state index in [1.807, 2.05) is 36.4 Å². The third kappa shape index (κ3) is 5.71. The lowest BCUT2D eigenvalue weighted by Gasteiger charge is -2.37. The number of halogens is 2. The van der Waals surface area contributed by atoms with E-state index in [4.69, 9.17) is 0 Å². The first-order chi connectivity index (χ1) is 14.2. The summed E-state index contributed by atoms with van der Waals surface area (Å²) < 4.78 is 27.0. The molecule has 0 radical (unpaired) electrons. The molecule has 0 amide bonds. The number of hydrogen-bond donors (Lipinski definition) is 1. The fourth-order valence-corrected chi connectivity index (χ4v) is 3.97. The molecular weight excluding hydrogens is 380 g/mol. The van der Waals surface area contributed by atoms with E-state index in [0.717, 1.165) is 55.8 Å². The van der Waals surface area contributed by atoms with Crippen molar-refractivity contribution in [3.8, 4) is 0 Å². The molecule has 0 saturated carbocycles. The van der Waals surface area contributed by atoms with E-state index in [2.05, 4.69) is 15.2 Å². The third-order valence-electron chi connectivity index (χ3n) is 5.51. The molecule has 3 nitrogen and oxygen atoms in total. The molecule has 3 aromatic rings. The van der Waals surface area contributed by atoms with E-state index in [1.54, 1.807) is 12.3 Å². The van der Waals surface area contributed by atoms with Gasteiger partial charge < -0.3 is 5.32 Å². The molecule has 1 aliphatic heterocycles. The molecule has 1 atom stereocenters. The molecule has 30 heavy (non-hydrogen) atoms. The van der Waals surface area contributed by atoms with E-state index in [1.165, 1.54) is 23.8 Å². The monoisotopic (exact) mass is 409 g/mol. The summed E-state index contributed by atoms with van der Waals surface area (Å²) in [6.07, 6.45) is 3.41. The maximum absolute atomic E-state index is 13.7. The molecule has 2 aromatic carbocycles. The van der Waals surface area contributed by atoms with Crippen LogP contribution in [0.3, 0.4) is 0 Å². The first kappa shape index (κ1) is 22.1. The zero-order valence-electron chi connectivity index (χ0n) is 16.3. The molecular formula is C25H29F2N3. The minimum absolute atomic E-state index is 0. The Balaban J connectivity index is 0.00000256. The maximum atomic E-state index is 13.7. The zero-order valence-corrected chi connectivity index (χ0v) is 16.3. The van der Waals surface area contributed by atoms with Crippen molar-refractivity contribution in [3.05, 3.63) is 101 Å². The Labute approximate surface area is 177 Å². The number of nitrogens with one attached hydrogen (secondary N) is 1. The SMILES string of the molecule is C.Fc1ccc(CC2Cc3cc(F)ccc3CN2CCNCc2ccccn2)cc1. The zero-order chi connectivity index (χ0) is 20.1. The van der Waals surface area contributed by atoms with Crippen molar-refractivity contribution in [2.24, 2.45) is 0 Å². The lowest BCUT2D eigenvalue weighted by molar-refractivity contribution is 0.170. The van der Waals surface area contributed by atoms with Gasteiger partial charge in [0.2, 0.25) is 0 Å². The molecule has 0 fully saturated rings. The molecule has 0 bridgehead atoms. The number of pyridine rings is 1. The van der Waals surface area contributed by atoms with Crippen molar-refractivity contribution in [1.29, 1.82) is 0 Å². The molecule has 1 aromatic heterocycles. The van der Waals surface area contributed by atoms with E-state index in [0.29, 0.717) is 0 Å². The Morgan fingerprint density at radius 2 is 1.77 bits per heavy atom.